The van der Waals surface area contributed by atoms with Gasteiger partial charge >= 0.3 is 6.18 Å². The fraction of sp³-hybridized carbons (Fsp3) is 0.464. The molecule has 6 nitrogen and oxygen atoms in total. The van der Waals surface area contributed by atoms with Crippen molar-refractivity contribution in [1.82, 2.24) is 19.0 Å². The zero-order valence-corrected chi connectivity index (χ0v) is 22.6. The topological polar surface area (TPSA) is 58.4 Å². The van der Waals surface area contributed by atoms with Crippen LogP contribution in [0.2, 0.25) is 0 Å². The van der Waals surface area contributed by atoms with Gasteiger partial charge in [-0.25, -0.2) is 12.8 Å². The van der Waals surface area contributed by atoms with Gasteiger partial charge in [0.05, 0.1) is 17.5 Å². The van der Waals surface area contributed by atoms with Crippen molar-refractivity contribution in [2.24, 2.45) is 0 Å². The number of likely N-dealkylation sites (tertiary alicyclic amines) is 1. The van der Waals surface area contributed by atoms with Crippen LogP contribution in [-0.2, 0) is 35.7 Å². The molecule has 5 rings (SSSR count). The van der Waals surface area contributed by atoms with Crippen molar-refractivity contribution < 1.29 is 26.0 Å². The van der Waals surface area contributed by atoms with Gasteiger partial charge in [-0.2, -0.15) is 22.6 Å². The first-order valence-electron chi connectivity index (χ1n) is 13.2. The summed E-state index contributed by atoms with van der Waals surface area (Å²) < 4.78 is 80.3. The normalized spacial score (nSPS) is 17.9. The van der Waals surface area contributed by atoms with Crippen LogP contribution in [0.1, 0.15) is 47.6 Å². The summed E-state index contributed by atoms with van der Waals surface area (Å²) >= 11 is 0. The van der Waals surface area contributed by atoms with Crippen molar-refractivity contribution in [2.45, 2.75) is 50.9 Å². The number of aryl methyl sites for hydroxylation is 1. The predicted molar refractivity (Wildman–Crippen MR) is 141 cm³/mol. The molecule has 0 N–H and O–H groups in total. The molecule has 3 heterocycles. The van der Waals surface area contributed by atoms with Gasteiger partial charge in [-0.3, -0.25) is 4.68 Å². The second-order valence-corrected chi connectivity index (χ2v) is 12.4. The van der Waals surface area contributed by atoms with Crippen molar-refractivity contribution in [3.63, 3.8) is 0 Å². The van der Waals surface area contributed by atoms with E-state index in [1.807, 2.05) is 16.8 Å². The minimum Gasteiger partial charge on any atom is -0.303 e. The smallest absolute Gasteiger partial charge is 0.303 e. The Kier molecular flexibility index (Phi) is 7.85. The van der Waals surface area contributed by atoms with Crippen molar-refractivity contribution in [2.75, 3.05) is 32.4 Å². The number of hydrogen-bond donors (Lipinski definition) is 0. The molecule has 1 saturated heterocycles. The van der Waals surface area contributed by atoms with Gasteiger partial charge in [-0.05, 0) is 74.6 Å². The predicted octanol–water partition coefficient (Wildman–Crippen LogP) is 5.30. The summed E-state index contributed by atoms with van der Waals surface area (Å²) in [4.78, 5) is 2.41. The monoisotopic (exact) mass is 564 g/mol. The van der Waals surface area contributed by atoms with Gasteiger partial charge < -0.3 is 4.90 Å². The lowest BCUT2D eigenvalue weighted by atomic mass is 9.89. The number of aromatic nitrogens is 2. The maximum Gasteiger partial charge on any atom is 0.416 e. The van der Waals surface area contributed by atoms with Gasteiger partial charge in [0, 0.05) is 42.9 Å². The van der Waals surface area contributed by atoms with E-state index in [4.69, 9.17) is 5.10 Å². The maximum atomic E-state index is 13.2. The van der Waals surface area contributed by atoms with E-state index in [1.165, 1.54) is 40.4 Å². The van der Waals surface area contributed by atoms with Crippen LogP contribution in [0, 0.1) is 5.82 Å². The van der Waals surface area contributed by atoms with Gasteiger partial charge in [0.25, 0.3) is 0 Å². The Bertz CT molecular complexity index is 1400. The molecule has 3 aromatic rings. The molecule has 0 aliphatic carbocycles. The minimum absolute atomic E-state index is 0.154. The van der Waals surface area contributed by atoms with E-state index in [0.29, 0.717) is 36.7 Å². The molecule has 2 aliphatic rings. The summed E-state index contributed by atoms with van der Waals surface area (Å²) in [5.41, 5.74) is 3.22. The molecule has 0 amide bonds. The average Bonchev–Trinajstić information content (AvgIpc) is 3.27. The minimum atomic E-state index is -4.43. The number of piperidine rings is 1. The third-order valence-corrected chi connectivity index (χ3v) is 9.08. The van der Waals surface area contributed by atoms with Crippen LogP contribution in [0.5, 0.6) is 0 Å². The van der Waals surface area contributed by atoms with Crippen LogP contribution in [0.15, 0.2) is 48.5 Å². The average molecular weight is 565 g/mol. The molecule has 0 atom stereocenters. The maximum absolute atomic E-state index is 13.2. The first kappa shape index (κ1) is 27.8. The third kappa shape index (κ3) is 6.36. The molecular formula is C28H32F4N4O2S. The van der Waals surface area contributed by atoms with Gasteiger partial charge in [0.1, 0.15) is 5.82 Å². The van der Waals surface area contributed by atoms with Crippen LogP contribution >= 0.6 is 0 Å². The fourth-order valence-corrected chi connectivity index (χ4v) is 6.44. The summed E-state index contributed by atoms with van der Waals surface area (Å²) in [6, 6.07) is 11.6. The van der Waals surface area contributed by atoms with E-state index in [2.05, 4.69) is 4.90 Å². The lowest BCUT2D eigenvalue weighted by molar-refractivity contribution is -0.137. The van der Waals surface area contributed by atoms with Crippen molar-refractivity contribution >= 4 is 10.0 Å². The van der Waals surface area contributed by atoms with E-state index in [9.17, 15) is 26.0 Å². The zero-order chi connectivity index (χ0) is 27.8. The highest BCUT2D eigenvalue weighted by atomic mass is 32.2. The van der Waals surface area contributed by atoms with Crippen LogP contribution in [0.25, 0.3) is 11.3 Å². The van der Waals surface area contributed by atoms with Crippen molar-refractivity contribution in [3.8, 4) is 11.3 Å². The van der Waals surface area contributed by atoms with E-state index >= 15 is 0 Å². The van der Waals surface area contributed by atoms with E-state index in [-0.39, 0.29) is 12.4 Å². The van der Waals surface area contributed by atoms with Gasteiger partial charge in [0.15, 0.2) is 0 Å². The molecule has 0 spiro atoms. The first-order valence-corrected chi connectivity index (χ1v) is 15.0. The van der Waals surface area contributed by atoms with Crippen molar-refractivity contribution in [3.05, 3.63) is 76.7 Å². The Balaban J connectivity index is 1.27. The molecule has 0 bridgehead atoms. The summed E-state index contributed by atoms with van der Waals surface area (Å²) in [7, 11) is -3.42. The Morgan fingerprint density at radius 1 is 0.949 bits per heavy atom. The molecule has 1 aromatic heterocycles. The van der Waals surface area contributed by atoms with Crippen molar-refractivity contribution in [1.29, 1.82) is 0 Å². The number of fused-ring (bicyclic) bond motifs is 1. The summed E-state index contributed by atoms with van der Waals surface area (Å²) in [6.45, 7) is 3.94. The van der Waals surface area contributed by atoms with Crippen LogP contribution in [0.4, 0.5) is 17.6 Å². The number of hydrogen-bond acceptors (Lipinski definition) is 4. The zero-order valence-electron chi connectivity index (χ0n) is 21.8. The highest BCUT2D eigenvalue weighted by molar-refractivity contribution is 7.88. The molecule has 1 fully saturated rings. The summed E-state index contributed by atoms with van der Waals surface area (Å²) in [5.74, 6) is 0.214. The lowest BCUT2D eigenvalue weighted by Crippen LogP contribution is -2.36. The fourth-order valence-electron chi connectivity index (χ4n) is 5.65. The Hall–Kier alpha value is -2.76. The third-order valence-electron chi connectivity index (χ3n) is 7.83. The molecule has 0 saturated carbocycles. The Labute approximate surface area is 226 Å². The molecule has 2 aliphatic heterocycles. The molecule has 0 radical (unpaired) electrons. The summed E-state index contributed by atoms with van der Waals surface area (Å²) in [6.07, 6.45) is 0.110. The number of rotatable bonds is 7. The molecular weight excluding hydrogens is 532 g/mol. The molecule has 0 unspecified atom stereocenters. The lowest BCUT2D eigenvalue weighted by Gasteiger charge is -2.32. The molecule has 2 aromatic carbocycles. The Morgan fingerprint density at radius 3 is 2.23 bits per heavy atom. The van der Waals surface area contributed by atoms with Gasteiger partial charge in [0.2, 0.25) is 10.0 Å². The van der Waals surface area contributed by atoms with Crippen LogP contribution < -0.4 is 0 Å². The largest absolute Gasteiger partial charge is 0.416 e. The van der Waals surface area contributed by atoms with Gasteiger partial charge in [-0.15, -0.1) is 0 Å². The second-order valence-electron chi connectivity index (χ2n) is 10.4. The number of benzene rings is 2. The van der Waals surface area contributed by atoms with Crippen LogP contribution in [-0.4, -0.2) is 59.8 Å². The number of nitrogens with zero attached hydrogens (tertiary/aromatic N) is 4. The van der Waals surface area contributed by atoms with Gasteiger partial charge in [-0.1, -0.05) is 24.3 Å². The SMILES string of the molecule is CS(=O)(=O)N1CCc2c(c(-c3ccc(C(F)(F)F)cc3)nn2CCCN2CCC(c3ccc(F)cc3)CC2)C1. The number of halogens is 4. The second kappa shape index (κ2) is 11.0. The van der Waals surface area contributed by atoms with E-state index in [0.717, 1.165) is 62.3 Å². The number of sulfonamides is 1. The standard InChI is InChI=1S/C28H32F4N4O2S/c1-39(37,38)35-18-13-26-25(19-35)27(22-3-7-23(8-4-22)28(30,31)32)33-36(26)15-2-14-34-16-11-21(12-17-34)20-5-9-24(29)10-6-20/h3-10,21H,2,11-19H2,1H3. The first-order chi connectivity index (χ1) is 18.5. The van der Waals surface area contributed by atoms with E-state index in [1.54, 1.807) is 0 Å². The molecule has 39 heavy (non-hydrogen) atoms. The highest BCUT2D eigenvalue weighted by Crippen LogP contribution is 2.34. The molecule has 11 heteroatoms. The number of alkyl halides is 3. The quantitative estimate of drug-likeness (QED) is 0.366. The Morgan fingerprint density at radius 2 is 1.62 bits per heavy atom. The highest BCUT2D eigenvalue weighted by Gasteiger charge is 2.32. The molecule has 210 valence electrons. The summed E-state index contributed by atoms with van der Waals surface area (Å²) in [5, 5.41) is 4.78. The van der Waals surface area contributed by atoms with E-state index < -0.39 is 21.8 Å². The van der Waals surface area contributed by atoms with Crippen LogP contribution in [0.3, 0.4) is 0 Å².